The summed E-state index contributed by atoms with van der Waals surface area (Å²) in [5.41, 5.74) is 0.940. The minimum atomic E-state index is -0.189. The van der Waals surface area contributed by atoms with E-state index in [1.807, 2.05) is 13.8 Å². The standard InChI is InChI=1S/C15H22ClN3O2/c1-9(2)7-12(20)11-5-4-6-19(8-11)15(21)14-13(16)10(3)17-18-14/h9,11H,4-8H2,1-3H3,(H,17,18). The molecule has 5 nitrogen and oxygen atoms in total. The molecule has 1 aliphatic rings. The molecular formula is C15H22ClN3O2. The van der Waals surface area contributed by atoms with Crippen LogP contribution in [0.4, 0.5) is 0 Å². The summed E-state index contributed by atoms with van der Waals surface area (Å²) in [5, 5.41) is 7.07. The van der Waals surface area contributed by atoms with Gasteiger partial charge in [-0.15, -0.1) is 0 Å². The van der Waals surface area contributed by atoms with Crippen LogP contribution in [0.5, 0.6) is 0 Å². The molecule has 0 radical (unpaired) electrons. The third kappa shape index (κ3) is 3.64. The number of rotatable bonds is 4. The van der Waals surface area contributed by atoms with Crippen LogP contribution < -0.4 is 0 Å². The van der Waals surface area contributed by atoms with Crippen LogP contribution in [0.15, 0.2) is 0 Å². The van der Waals surface area contributed by atoms with Gasteiger partial charge in [-0.1, -0.05) is 25.4 Å². The first kappa shape index (κ1) is 16.0. The van der Waals surface area contributed by atoms with E-state index in [-0.39, 0.29) is 23.3 Å². The number of hydrogen-bond donors (Lipinski definition) is 1. The first-order chi connectivity index (χ1) is 9.90. The molecule has 1 aromatic heterocycles. The summed E-state index contributed by atoms with van der Waals surface area (Å²) in [5.74, 6) is 0.370. The van der Waals surface area contributed by atoms with Crippen LogP contribution in [0.2, 0.25) is 5.02 Å². The van der Waals surface area contributed by atoms with Gasteiger partial charge in [-0.25, -0.2) is 0 Å². The number of ketones is 1. The largest absolute Gasteiger partial charge is 0.336 e. The number of nitrogens with one attached hydrogen (secondary N) is 1. The molecule has 1 saturated heterocycles. The van der Waals surface area contributed by atoms with Crippen LogP contribution in [0.25, 0.3) is 0 Å². The zero-order valence-corrected chi connectivity index (χ0v) is 13.5. The van der Waals surface area contributed by atoms with Crippen molar-refractivity contribution in [2.75, 3.05) is 13.1 Å². The number of halogens is 1. The second kappa shape index (κ2) is 6.60. The first-order valence-electron chi connectivity index (χ1n) is 7.42. The highest BCUT2D eigenvalue weighted by molar-refractivity contribution is 6.34. The SMILES string of the molecule is Cc1[nH]nc(C(=O)N2CCCC(C(=O)CC(C)C)C2)c1Cl. The molecule has 6 heteroatoms. The average Bonchev–Trinajstić information content (AvgIpc) is 2.78. The summed E-state index contributed by atoms with van der Waals surface area (Å²) in [6, 6.07) is 0. The number of amides is 1. The summed E-state index contributed by atoms with van der Waals surface area (Å²) in [4.78, 5) is 26.4. The third-order valence-electron chi connectivity index (χ3n) is 3.85. The number of aromatic nitrogens is 2. The fraction of sp³-hybridized carbons (Fsp3) is 0.667. The highest BCUT2D eigenvalue weighted by atomic mass is 35.5. The number of Topliss-reactive ketones (excluding diaryl/α,β-unsaturated/α-hetero) is 1. The Bertz CT molecular complexity index is 539. The van der Waals surface area contributed by atoms with Gasteiger partial charge in [-0.2, -0.15) is 5.10 Å². The second-order valence-electron chi connectivity index (χ2n) is 6.17. The molecule has 1 atom stereocenters. The van der Waals surface area contributed by atoms with E-state index in [0.717, 1.165) is 12.8 Å². The van der Waals surface area contributed by atoms with Gasteiger partial charge in [0, 0.05) is 25.4 Å². The van der Waals surface area contributed by atoms with Crippen molar-refractivity contribution < 1.29 is 9.59 Å². The zero-order chi connectivity index (χ0) is 15.6. The molecule has 1 amide bonds. The molecule has 0 aliphatic carbocycles. The number of H-pyrrole nitrogens is 1. The van der Waals surface area contributed by atoms with E-state index in [2.05, 4.69) is 10.2 Å². The van der Waals surface area contributed by atoms with Crippen molar-refractivity contribution in [2.24, 2.45) is 11.8 Å². The van der Waals surface area contributed by atoms with Crippen molar-refractivity contribution >= 4 is 23.3 Å². The first-order valence-corrected chi connectivity index (χ1v) is 7.80. The van der Waals surface area contributed by atoms with Gasteiger partial charge in [0.05, 0.1) is 10.7 Å². The Morgan fingerprint density at radius 3 is 2.76 bits per heavy atom. The Morgan fingerprint density at radius 2 is 2.19 bits per heavy atom. The summed E-state index contributed by atoms with van der Waals surface area (Å²) >= 11 is 6.08. The Labute approximate surface area is 130 Å². The van der Waals surface area contributed by atoms with E-state index in [9.17, 15) is 9.59 Å². The predicted octanol–water partition coefficient (Wildman–Crippen LogP) is 2.84. The van der Waals surface area contributed by atoms with Gasteiger partial charge in [-0.05, 0) is 25.7 Å². The van der Waals surface area contributed by atoms with Crippen LogP contribution in [0.3, 0.4) is 0 Å². The smallest absolute Gasteiger partial charge is 0.275 e. The monoisotopic (exact) mass is 311 g/mol. The molecule has 0 bridgehead atoms. The predicted molar refractivity (Wildman–Crippen MR) is 81.4 cm³/mol. The van der Waals surface area contributed by atoms with Crippen molar-refractivity contribution in [2.45, 2.75) is 40.0 Å². The second-order valence-corrected chi connectivity index (χ2v) is 6.54. The Kier molecular flexibility index (Phi) is 5.04. The number of aryl methyl sites for hydroxylation is 1. The van der Waals surface area contributed by atoms with Crippen molar-refractivity contribution in [3.8, 4) is 0 Å². The van der Waals surface area contributed by atoms with Crippen molar-refractivity contribution in [3.05, 3.63) is 16.4 Å². The molecule has 0 saturated carbocycles. The molecule has 2 rings (SSSR count). The Hall–Kier alpha value is -1.36. The maximum Gasteiger partial charge on any atom is 0.275 e. The summed E-state index contributed by atoms with van der Waals surface area (Å²) < 4.78 is 0. The van der Waals surface area contributed by atoms with E-state index in [4.69, 9.17) is 11.6 Å². The van der Waals surface area contributed by atoms with Gasteiger partial charge in [-0.3, -0.25) is 14.7 Å². The Balaban J connectivity index is 2.05. The van der Waals surface area contributed by atoms with Gasteiger partial charge in [0.2, 0.25) is 0 Å². The highest BCUT2D eigenvalue weighted by Crippen LogP contribution is 2.24. The molecule has 2 heterocycles. The van der Waals surface area contributed by atoms with Crippen LogP contribution in [0, 0.1) is 18.8 Å². The molecule has 1 aromatic rings. The van der Waals surface area contributed by atoms with Crippen LogP contribution >= 0.6 is 11.6 Å². The highest BCUT2D eigenvalue weighted by Gasteiger charge is 2.30. The van der Waals surface area contributed by atoms with Crippen molar-refractivity contribution in [3.63, 3.8) is 0 Å². The number of carbonyl (C=O) groups is 2. The molecule has 21 heavy (non-hydrogen) atoms. The van der Waals surface area contributed by atoms with Gasteiger partial charge in [0.15, 0.2) is 5.69 Å². The van der Waals surface area contributed by atoms with Crippen LogP contribution in [0.1, 0.15) is 49.3 Å². The lowest BCUT2D eigenvalue weighted by molar-refractivity contribution is -0.124. The van der Waals surface area contributed by atoms with Crippen LogP contribution in [-0.4, -0.2) is 39.9 Å². The summed E-state index contributed by atoms with van der Waals surface area (Å²) in [7, 11) is 0. The van der Waals surface area contributed by atoms with E-state index in [0.29, 0.717) is 36.1 Å². The molecule has 1 N–H and O–H groups in total. The van der Waals surface area contributed by atoms with Gasteiger partial charge >= 0.3 is 0 Å². The number of aromatic amines is 1. The minimum Gasteiger partial charge on any atom is -0.336 e. The fourth-order valence-corrected chi connectivity index (χ4v) is 2.87. The fourth-order valence-electron chi connectivity index (χ4n) is 2.70. The van der Waals surface area contributed by atoms with Crippen LogP contribution in [-0.2, 0) is 4.79 Å². The maximum absolute atomic E-state index is 12.5. The molecule has 0 aromatic carbocycles. The van der Waals surface area contributed by atoms with Crippen molar-refractivity contribution in [1.82, 2.24) is 15.1 Å². The summed E-state index contributed by atoms with van der Waals surface area (Å²) in [6.45, 7) is 6.99. The van der Waals surface area contributed by atoms with Gasteiger partial charge < -0.3 is 4.90 Å². The average molecular weight is 312 g/mol. The molecule has 1 unspecified atom stereocenters. The molecule has 0 spiro atoms. The number of nitrogens with zero attached hydrogens (tertiary/aromatic N) is 2. The molecule has 1 aliphatic heterocycles. The van der Waals surface area contributed by atoms with Crippen molar-refractivity contribution in [1.29, 1.82) is 0 Å². The van der Waals surface area contributed by atoms with E-state index in [1.54, 1.807) is 11.8 Å². The number of likely N-dealkylation sites (tertiary alicyclic amines) is 1. The number of carbonyl (C=O) groups excluding carboxylic acids is 2. The Morgan fingerprint density at radius 1 is 1.48 bits per heavy atom. The molecule has 116 valence electrons. The zero-order valence-electron chi connectivity index (χ0n) is 12.8. The molecule has 1 fully saturated rings. The van der Waals surface area contributed by atoms with E-state index in [1.165, 1.54) is 0 Å². The maximum atomic E-state index is 12.5. The van der Waals surface area contributed by atoms with Gasteiger partial charge in [0.1, 0.15) is 5.78 Å². The summed E-state index contributed by atoms with van der Waals surface area (Å²) in [6.07, 6.45) is 2.29. The lowest BCUT2D eigenvalue weighted by Crippen LogP contribution is -2.42. The number of piperidine rings is 1. The van der Waals surface area contributed by atoms with Gasteiger partial charge in [0.25, 0.3) is 5.91 Å². The normalized spacial score (nSPS) is 19.1. The minimum absolute atomic E-state index is 0.0519. The topological polar surface area (TPSA) is 66.1 Å². The van der Waals surface area contributed by atoms with E-state index >= 15 is 0 Å². The molecular weight excluding hydrogens is 290 g/mol. The number of hydrogen-bond acceptors (Lipinski definition) is 3. The lowest BCUT2D eigenvalue weighted by atomic mass is 9.89. The quantitative estimate of drug-likeness (QED) is 0.929. The lowest BCUT2D eigenvalue weighted by Gasteiger charge is -2.32. The third-order valence-corrected chi connectivity index (χ3v) is 4.31. The van der Waals surface area contributed by atoms with E-state index < -0.39 is 0 Å².